The fourth-order valence-electron chi connectivity index (χ4n) is 2.72. The quantitative estimate of drug-likeness (QED) is 0.601. The van der Waals surface area contributed by atoms with Crippen molar-refractivity contribution in [2.45, 2.75) is 19.4 Å². The Kier molecular flexibility index (Phi) is 5.76. The monoisotopic (exact) mass is 365 g/mol. The van der Waals surface area contributed by atoms with Crippen LogP contribution in [0.1, 0.15) is 28.8 Å². The normalized spacial score (nSPS) is 10.6. The van der Waals surface area contributed by atoms with Crippen LogP contribution < -0.4 is 0 Å². The molecule has 0 radical (unpaired) electrons. The summed E-state index contributed by atoms with van der Waals surface area (Å²) in [5, 5.41) is 4.31. The molecule has 0 aliphatic heterocycles. The molecule has 1 heterocycles. The van der Waals surface area contributed by atoms with Gasteiger partial charge in [0, 0.05) is 43.8 Å². The summed E-state index contributed by atoms with van der Waals surface area (Å²) < 4.78 is 14.7. The van der Waals surface area contributed by atoms with E-state index in [1.165, 1.54) is 24.3 Å². The Labute approximate surface area is 157 Å². The van der Waals surface area contributed by atoms with Gasteiger partial charge in [0.1, 0.15) is 5.82 Å². The summed E-state index contributed by atoms with van der Waals surface area (Å²) in [4.78, 5) is 26.0. The van der Waals surface area contributed by atoms with Crippen LogP contribution in [0.2, 0.25) is 0 Å². The molecule has 6 heteroatoms. The highest BCUT2D eigenvalue weighted by atomic mass is 19.1. The number of aromatic nitrogens is 2. The molecule has 0 aliphatic rings. The van der Waals surface area contributed by atoms with E-state index in [9.17, 15) is 14.0 Å². The standard InChI is InChI=1S/C21H20FN3O2/c1-24(14-16-13-23-25(15-16)19-5-3-2-4-6-19)21(27)12-11-20(26)17-7-9-18(22)10-8-17/h2-10,13,15H,11-12,14H2,1H3. The van der Waals surface area contributed by atoms with Crippen LogP contribution in [0.4, 0.5) is 4.39 Å². The van der Waals surface area contributed by atoms with Crippen molar-refractivity contribution in [1.82, 2.24) is 14.7 Å². The average Bonchev–Trinajstić information content (AvgIpc) is 3.15. The molecule has 0 unspecified atom stereocenters. The van der Waals surface area contributed by atoms with Gasteiger partial charge in [0.05, 0.1) is 11.9 Å². The van der Waals surface area contributed by atoms with E-state index in [1.807, 2.05) is 36.5 Å². The molecule has 0 saturated heterocycles. The zero-order chi connectivity index (χ0) is 19.2. The lowest BCUT2D eigenvalue weighted by molar-refractivity contribution is -0.130. The third kappa shape index (κ3) is 4.88. The fraction of sp³-hybridized carbons (Fsp3) is 0.190. The molecule has 1 aromatic heterocycles. The van der Waals surface area contributed by atoms with Crippen LogP contribution in [-0.4, -0.2) is 33.4 Å². The van der Waals surface area contributed by atoms with Crippen LogP contribution in [0.25, 0.3) is 5.69 Å². The maximum atomic E-state index is 12.9. The zero-order valence-corrected chi connectivity index (χ0v) is 15.0. The number of carbonyl (C=O) groups excluding carboxylic acids is 2. The van der Waals surface area contributed by atoms with Gasteiger partial charge in [0.15, 0.2) is 5.78 Å². The molecule has 138 valence electrons. The summed E-state index contributed by atoms with van der Waals surface area (Å²) >= 11 is 0. The third-order valence-electron chi connectivity index (χ3n) is 4.23. The molecule has 5 nitrogen and oxygen atoms in total. The van der Waals surface area contributed by atoms with Gasteiger partial charge in [-0.3, -0.25) is 9.59 Å². The Morgan fingerprint density at radius 2 is 1.74 bits per heavy atom. The van der Waals surface area contributed by atoms with Gasteiger partial charge in [0.25, 0.3) is 0 Å². The predicted molar refractivity (Wildman–Crippen MR) is 100 cm³/mol. The lowest BCUT2D eigenvalue weighted by atomic mass is 10.1. The van der Waals surface area contributed by atoms with Crippen LogP contribution >= 0.6 is 0 Å². The van der Waals surface area contributed by atoms with Crippen molar-refractivity contribution in [2.75, 3.05) is 7.05 Å². The summed E-state index contributed by atoms with van der Waals surface area (Å²) in [6.07, 6.45) is 3.81. The van der Waals surface area contributed by atoms with E-state index in [-0.39, 0.29) is 24.5 Å². The number of ketones is 1. The van der Waals surface area contributed by atoms with Crippen molar-refractivity contribution in [3.8, 4) is 5.69 Å². The first-order valence-corrected chi connectivity index (χ1v) is 8.64. The first kappa shape index (κ1) is 18.5. The minimum absolute atomic E-state index is 0.0953. The SMILES string of the molecule is CN(Cc1cnn(-c2ccccc2)c1)C(=O)CCC(=O)c1ccc(F)cc1. The van der Waals surface area contributed by atoms with E-state index in [4.69, 9.17) is 0 Å². The van der Waals surface area contributed by atoms with Crippen molar-refractivity contribution in [1.29, 1.82) is 0 Å². The van der Waals surface area contributed by atoms with Gasteiger partial charge in [-0.25, -0.2) is 9.07 Å². The van der Waals surface area contributed by atoms with Crippen molar-refractivity contribution >= 4 is 11.7 Å². The number of rotatable bonds is 7. The number of benzene rings is 2. The number of hydrogen-bond acceptors (Lipinski definition) is 3. The Morgan fingerprint density at radius 3 is 2.44 bits per heavy atom. The first-order valence-electron chi connectivity index (χ1n) is 8.64. The fourth-order valence-corrected chi connectivity index (χ4v) is 2.72. The molecular formula is C21H20FN3O2. The van der Waals surface area contributed by atoms with Gasteiger partial charge in [-0.1, -0.05) is 18.2 Å². The second-order valence-electron chi connectivity index (χ2n) is 6.31. The van der Waals surface area contributed by atoms with Crippen LogP contribution in [0, 0.1) is 5.82 Å². The highest BCUT2D eigenvalue weighted by molar-refractivity contribution is 5.97. The van der Waals surface area contributed by atoms with E-state index in [0.717, 1.165) is 11.3 Å². The van der Waals surface area contributed by atoms with Gasteiger partial charge in [-0.2, -0.15) is 5.10 Å². The summed E-state index contributed by atoms with van der Waals surface area (Å²) in [6, 6.07) is 15.1. The van der Waals surface area contributed by atoms with E-state index in [1.54, 1.807) is 22.8 Å². The van der Waals surface area contributed by atoms with Gasteiger partial charge < -0.3 is 4.90 Å². The average molecular weight is 365 g/mol. The number of Topliss-reactive ketones (excluding diaryl/α,β-unsaturated/α-hetero) is 1. The lowest BCUT2D eigenvalue weighted by Gasteiger charge is -2.16. The summed E-state index contributed by atoms with van der Waals surface area (Å²) in [5.74, 6) is -0.690. The van der Waals surface area contributed by atoms with E-state index in [0.29, 0.717) is 12.1 Å². The molecular weight excluding hydrogens is 345 g/mol. The highest BCUT2D eigenvalue weighted by Gasteiger charge is 2.14. The molecule has 0 atom stereocenters. The first-order chi connectivity index (χ1) is 13.0. The molecule has 3 rings (SSSR count). The Balaban J connectivity index is 1.53. The molecule has 27 heavy (non-hydrogen) atoms. The number of carbonyl (C=O) groups is 2. The number of amides is 1. The van der Waals surface area contributed by atoms with E-state index >= 15 is 0 Å². The highest BCUT2D eigenvalue weighted by Crippen LogP contribution is 2.11. The van der Waals surface area contributed by atoms with Gasteiger partial charge >= 0.3 is 0 Å². The van der Waals surface area contributed by atoms with Gasteiger partial charge in [-0.05, 0) is 36.4 Å². The second kappa shape index (κ2) is 8.40. The van der Waals surface area contributed by atoms with E-state index in [2.05, 4.69) is 5.10 Å². The molecule has 3 aromatic rings. The smallest absolute Gasteiger partial charge is 0.223 e. The molecule has 0 aliphatic carbocycles. The Hall–Kier alpha value is -3.28. The van der Waals surface area contributed by atoms with Crippen LogP contribution in [-0.2, 0) is 11.3 Å². The number of halogens is 1. The van der Waals surface area contributed by atoms with E-state index < -0.39 is 5.82 Å². The van der Waals surface area contributed by atoms with Crippen molar-refractivity contribution in [2.24, 2.45) is 0 Å². The number of para-hydroxylation sites is 1. The largest absolute Gasteiger partial charge is 0.341 e. The molecule has 0 fully saturated rings. The van der Waals surface area contributed by atoms with Crippen molar-refractivity contribution in [3.63, 3.8) is 0 Å². The molecule has 0 bridgehead atoms. The molecule has 0 saturated carbocycles. The molecule has 1 amide bonds. The third-order valence-corrected chi connectivity index (χ3v) is 4.23. The molecule has 2 aromatic carbocycles. The molecule has 0 spiro atoms. The minimum Gasteiger partial charge on any atom is -0.341 e. The number of nitrogens with zero attached hydrogens (tertiary/aromatic N) is 3. The van der Waals surface area contributed by atoms with Crippen LogP contribution in [0.15, 0.2) is 67.0 Å². The summed E-state index contributed by atoms with van der Waals surface area (Å²) in [7, 11) is 1.70. The maximum Gasteiger partial charge on any atom is 0.223 e. The number of hydrogen-bond donors (Lipinski definition) is 0. The lowest BCUT2D eigenvalue weighted by Crippen LogP contribution is -2.26. The zero-order valence-electron chi connectivity index (χ0n) is 15.0. The topological polar surface area (TPSA) is 55.2 Å². The van der Waals surface area contributed by atoms with Crippen LogP contribution in [0.5, 0.6) is 0 Å². The molecule has 0 N–H and O–H groups in total. The predicted octanol–water partition coefficient (Wildman–Crippen LogP) is 3.63. The van der Waals surface area contributed by atoms with Crippen LogP contribution in [0.3, 0.4) is 0 Å². The van der Waals surface area contributed by atoms with Crippen molar-refractivity contribution in [3.05, 3.63) is 83.9 Å². The second-order valence-corrected chi connectivity index (χ2v) is 6.31. The Morgan fingerprint density at radius 1 is 1.04 bits per heavy atom. The van der Waals surface area contributed by atoms with Gasteiger partial charge in [0.2, 0.25) is 5.91 Å². The maximum absolute atomic E-state index is 12.9. The van der Waals surface area contributed by atoms with Gasteiger partial charge in [-0.15, -0.1) is 0 Å². The van der Waals surface area contributed by atoms with Crippen molar-refractivity contribution < 1.29 is 14.0 Å². The summed E-state index contributed by atoms with van der Waals surface area (Å²) in [6.45, 7) is 0.413. The Bertz CT molecular complexity index is 920. The minimum atomic E-state index is -0.390. The summed E-state index contributed by atoms with van der Waals surface area (Å²) in [5.41, 5.74) is 2.26.